The molecule has 132 valence electrons. The van der Waals surface area contributed by atoms with Gasteiger partial charge < -0.3 is 15.3 Å². The van der Waals surface area contributed by atoms with E-state index in [1.807, 2.05) is 25.1 Å². The Hall–Kier alpha value is -2.24. The van der Waals surface area contributed by atoms with E-state index in [0.717, 1.165) is 5.56 Å². The third-order valence-electron chi connectivity index (χ3n) is 3.29. The summed E-state index contributed by atoms with van der Waals surface area (Å²) in [6.07, 6.45) is -0.0933. The molecule has 2 aromatic carbocycles. The number of hydrogen-bond acceptors (Lipinski definition) is 4. The van der Waals surface area contributed by atoms with Crippen molar-refractivity contribution >= 4 is 35.0 Å². The highest BCUT2D eigenvalue weighted by Gasteiger charge is 2.20. The van der Waals surface area contributed by atoms with Crippen LogP contribution in [0, 0.1) is 0 Å². The van der Waals surface area contributed by atoms with Gasteiger partial charge in [0.05, 0.1) is 0 Å². The fourth-order valence-corrected chi connectivity index (χ4v) is 2.49. The number of amidine groups is 1. The molecule has 0 aliphatic carbocycles. The number of benzene rings is 2. The maximum Gasteiger partial charge on any atom is 0.375 e. The molecule has 0 radical (unpaired) electrons. The first-order chi connectivity index (χ1) is 12.0. The summed E-state index contributed by atoms with van der Waals surface area (Å²) in [6.45, 7) is 1.81. The Morgan fingerprint density at radius 1 is 1.20 bits per heavy atom. The highest BCUT2D eigenvalue weighted by atomic mass is 35.5. The number of nitrogens with zero attached hydrogens (tertiary/aromatic N) is 1. The summed E-state index contributed by atoms with van der Waals surface area (Å²) in [7, 11) is 0. The molecule has 0 spiro atoms. The Morgan fingerprint density at radius 2 is 1.92 bits per heavy atom. The zero-order valence-corrected chi connectivity index (χ0v) is 15.1. The number of hydrogen-bond donors (Lipinski definition) is 1. The average molecular weight is 381 g/mol. The second-order valence-corrected chi connectivity index (χ2v) is 6.08. The third-order valence-corrected chi connectivity index (χ3v) is 3.88. The largest absolute Gasteiger partial charge is 0.479 e. The van der Waals surface area contributed by atoms with Gasteiger partial charge in [-0.2, -0.15) is 0 Å². The van der Waals surface area contributed by atoms with Gasteiger partial charge in [-0.3, -0.25) is 0 Å². The molecule has 0 amide bonds. The normalized spacial score (nSPS) is 12.5. The zero-order valence-electron chi connectivity index (χ0n) is 13.6. The van der Waals surface area contributed by atoms with Crippen molar-refractivity contribution in [2.24, 2.45) is 10.9 Å². The van der Waals surface area contributed by atoms with E-state index in [2.05, 4.69) is 5.16 Å². The van der Waals surface area contributed by atoms with Crippen molar-refractivity contribution in [2.45, 2.75) is 25.9 Å². The second kappa shape index (κ2) is 9.30. The van der Waals surface area contributed by atoms with E-state index in [0.29, 0.717) is 22.2 Å². The number of rotatable bonds is 7. The predicted molar refractivity (Wildman–Crippen MR) is 99.0 cm³/mol. The molecule has 0 aliphatic rings. The van der Waals surface area contributed by atoms with Gasteiger partial charge in [0.25, 0.3) is 0 Å². The predicted octanol–water partition coefficient (Wildman–Crippen LogP) is 4.21. The molecular weight excluding hydrogens is 363 g/mol. The van der Waals surface area contributed by atoms with Crippen molar-refractivity contribution in [1.82, 2.24) is 0 Å². The van der Waals surface area contributed by atoms with Crippen LogP contribution in [0.4, 0.5) is 0 Å². The molecule has 0 aromatic heterocycles. The molecule has 7 heteroatoms. The number of carbonyl (C=O) groups excluding carboxylic acids is 1. The van der Waals surface area contributed by atoms with Gasteiger partial charge in [-0.25, -0.2) is 4.79 Å². The molecule has 1 atom stereocenters. The molecule has 0 unspecified atom stereocenters. The van der Waals surface area contributed by atoms with Crippen molar-refractivity contribution in [2.75, 3.05) is 0 Å². The monoisotopic (exact) mass is 380 g/mol. The molecule has 0 fully saturated rings. The molecule has 0 aliphatic heterocycles. The zero-order chi connectivity index (χ0) is 18.2. The van der Waals surface area contributed by atoms with Gasteiger partial charge in [-0.15, -0.1) is 0 Å². The van der Waals surface area contributed by atoms with Crippen molar-refractivity contribution in [1.29, 1.82) is 0 Å². The summed E-state index contributed by atoms with van der Waals surface area (Å²) in [5.74, 6) is 0.0832. The Balaban J connectivity index is 1.95. The van der Waals surface area contributed by atoms with Crippen LogP contribution in [0.1, 0.15) is 18.9 Å². The Kier molecular flexibility index (Phi) is 7.10. The lowest BCUT2D eigenvalue weighted by molar-refractivity contribution is -0.152. The lowest BCUT2D eigenvalue weighted by atomic mass is 10.1. The smallest absolute Gasteiger partial charge is 0.375 e. The fourth-order valence-electron chi connectivity index (χ4n) is 2.02. The second-order valence-electron chi connectivity index (χ2n) is 5.23. The van der Waals surface area contributed by atoms with E-state index in [1.54, 1.807) is 30.3 Å². The van der Waals surface area contributed by atoms with E-state index in [4.69, 9.17) is 38.5 Å². The Bertz CT molecular complexity index is 751. The first-order valence-electron chi connectivity index (χ1n) is 7.68. The summed E-state index contributed by atoms with van der Waals surface area (Å²) < 4.78 is 5.59. The molecule has 0 saturated heterocycles. The van der Waals surface area contributed by atoms with Crippen molar-refractivity contribution in [3.8, 4) is 5.75 Å². The number of nitrogens with two attached hydrogens (primary N) is 1. The van der Waals surface area contributed by atoms with Crippen LogP contribution < -0.4 is 10.5 Å². The third kappa shape index (κ3) is 5.96. The molecular formula is C18H18Cl2N2O3. The van der Waals surface area contributed by atoms with Crippen LogP contribution in [0.3, 0.4) is 0 Å². The number of oxime groups is 1. The van der Waals surface area contributed by atoms with Gasteiger partial charge in [0, 0.05) is 16.5 Å². The Morgan fingerprint density at radius 3 is 2.56 bits per heavy atom. The van der Waals surface area contributed by atoms with E-state index >= 15 is 0 Å². The standard InChI is InChI=1S/C18H18Cl2N2O3/c1-2-16(24-14-6-4-3-5-7-14)18(23)25-22-17(21)10-12-8-9-13(19)11-15(12)20/h3-9,11,16H,2,10H2,1H3,(H2,21,22)/t16-/m1/s1. The topological polar surface area (TPSA) is 73.9 Å². The molecule has 0 heterocycles. The lowest BCUT2D eigenvalue weighted by Crippen LogP contribution is -2.28. The summed E-state index contributed by atoms with van der Waals surface area (Å²) >= 11 is 11.9. The average Bonchev–Trinajstić information content (AvgIpc) is 2.61. The minimum absolute atomic E-state index is 0.118. The summed E-state index contributed by atoms with van der Waals surface area (Å²) in [6, 6.07) is 14.1. The van der Waals surface area contributed by atoms with Crippen LogP contribution in [-0.4, -0.2) is 17.9 Å². The number of ether oxygens (including phenoxy) is 1. The lowest BCUT2D eigenvalue weighted by Gasteiger charge is -2.14. The number of carbonyl (C=O) groups is 1. The Labute approximate surface area is 156 Å². The summed E-state index contributed by atoms with van der Waals surface area (Å²) in [4.78, 5) is 17.0. The van der Waals surface area contributed by atoms with Crippen LogP contribution >= 0.6 is 23.2 Å². The van der Waals surface area contributed by atoms with Crippen LogP contribution in [0.25, 0.3) is 0 Å². The highest BCUT2D eigenvalue weighted by molar-refractivity contribution is 6.35. The van der Waals surface area contributed by atoms with Crippen LogP contribution in [0.5, 0.6) is 5.75 Å². The summed E-state index contributed by atoms with van der Waals surface area (Å²) in [5.41, 5.74) is 6.53. The van der Waals surface area contributed by atoms with Gasteiger partial charge in [0.15, 0.2) is 6.10 Å². The molecule has 2 aromatic rings. The molecule has 2 rings (SSSR count). The maximum absolute atomic E-state index is 12.1. The fraction of sp³-hybridized carbons (Fsp3) is 0.222. The maximum atomic E-state index is 12.1. The number of para-hydroxylation sites is 1. The SMILES string of the molecule is CC[C@@H](Oc1ccccc1)C(=O)O/N=C(/N)Cc1ccc(Cl)cc1Cl. The van der Waals surface area contributed by atoms with Crippen LogP contribution in [-0.2, 0) is 16.1 Å². The molecule has 0 saturated carbocycles. The van der Waals surface area contributed by atoms with Crippen LogP contribution in [0.2, 0.25) is 10.0 Å². The van der Waals surface area contributed by atoms with Gasteiger partial charge >= 0.3 is 5.97 Å². The first kappa shape index (κ1) is 19.1. The molecule has 5 nitrogen and oxygen atoms in total. The van der Waals surface area contributed by atoms with Gasteiger partial charge in [0.1, 0.15) is 11.6 Å². The van der Waals surface area contributed by atoms with Gasteiger partial charge in [-0.1, -0.05) is 59.5 Å². The molecule has 0 bridgehead atoms. The molecule has 2 N–H and O–H groups in total. The minimum Gasteiger partial charge on any atom is -0.479 e. The van der Waals surface area contributed by atoms with Crippen LogP contribution in [0.15, 0.2) is 53.7 Å². The van der Waals surface area contributed by atoms with Gasteiger partial charge in [0.2, 0.25) is 0 Å². The number of halogens is 2. The first-order valence-corrected chi connectivity index (χ1v) is 8.44. The van der Waals surface area contributed by atoms with Crippen molar-refractivity contribution < 1.29 is 14.4 Å². The quantitative estimate of drug-likeness (QED) is 0.338. The van der Waals surface area contributed by atoms with E-state index in [1.165, 1.54) is 0 Å². The van der Waals surface area contributed by atoms with Crippen molar-refractivity contribution in [3.05, 3.63) is 64.1 Å². The summed E-state index contributed by atoms with van der Waals surface area (Å²) in [5, 5.41) is 4.66. The van der Waals surface area contributed by atoms with E-state index in [-0.39, 0.29) is 12.3 Å². The molecule has 25 heavy (non-hydrogen) atoms. The van der Waals surface area contributed by atoms with E-state index < -0.39 is 12.1 Å². The van der Waals surface area contributed by atoms with Crippen molar-refractivity contribution in [3.63, 3.8) is 0 Å². The van der Waals surface area contributed by atoms with E-state index in [9.17, 15) is 4.79 Å². The minimum atomic E-state index is -0.766. The highest BCUT2D eigenvalue weighted by Crippen LogP contribution is 2.21. The van der Waals surface area contributed by atoms with Gasteiger partial charge in [-0.05, 0) is 36.2 Å².